The van der Waals surface area contributed by atoms with Gasteiger partial charge in [0.2, 0.25) is 5.91 Å². The van der Waals surface area contributed by atoms with Crippen molar-refractivity contribution < 1.29 is 23.9 Å². The molecule has 4 N–H and O–H groups in total. The van der Waals surface area contributed by atoms with E-state index in [0.29, 0.717) is 51.2 Å². The second kappa shape index (κ2) is 12.8. The van der Waals surface area contributed by atoms with Crippen molar-refractivity contribution in [2.75, 3.05) is 24.4 Å². The first-order valence-electron chi connectivity index (χ1n) is 12.5. The first-order chi connectivity index (χ1) is 20.4. The van der Waals surface area contributed by atoms with Gasteiger partial charge in [0, 0.05) is 34.1 Å². The molecule has 3 amide bonds. The van der Waals surface area contributed by atoms with E-state index < -0.39 is 18.2 Å². The van der Waals surface area contributed by atoms with Crippen molar-refractivity contribution in [2.24, 2.45) is 0 Å². The molecule has 0 saturated heterocycles. The van der Waals surface area contributed by atoms with E-state index in [-0.39, 0.29) is 12.5 Å². The molecule has 1 aliphatic heterocycles. The first kappa shape index (κ1) is 28.0. The predicted octanol–water partition coefficient (Wildman–Crippen LogP) is 4.26. The van der Waals surface area contributed by atoms with E-state index in [1.165, 1.54) is 24.2 Å². The van der Waals surface area contributed by atoms with E-state index in [4.69, 9.17) is 16.3 Å². The molecular weight excluding hydrogens is 566 g/mol. The van der Waals surface area contributed by atoms with Gasteiger partial charge in [0.25, 0.3) is 0 Å². The molecule has 1 aliphatic rings. The monoisotopic (exact) mass is 589 g/mol. The summed E-state index contributed by atoms with van der Waals surface area (Å²) in [6.45, 7) is -0.000869. The zero-order valence-corrected chi connectivity index (χ0v) is 22.8. The molecule has 42 heavy (non-hydrogen) atoms. The number of amides is 3. The lowest BCUT2D eigenvalue weighted by molar-refractivity contribution is -0.117. The first-order valence-corrected chi connectivity index (χ1v) is 12.9. The fourth-order valence-electron chi connectivity index (χ4n) is 4.10. The minimum Gasteiger partial charge on any atom is -0.453 e. The minimum atomic E-state index is -0.692. The highest BCUT2D eigenvalue weighted by Crippen LogP contribution is 2.31. The molecular formula is C27H24ClN9O5. The Morgan fingerprint density at radius 3 is 2.90 bits per heavy atom. The lowest BCUT2D eigenvalue weighted by Crippen LogP contribution is -2.27. The summed E-state index contributed by atoms with van der Waals surface area (Å²) in [5.74, 6) is 0.105. The number of ether oxygens (including phenoxy) is 2. The van der Waals surface area contributed by atoms with Crippen LogP contribution in [-0.4, -0.2) is 62.0 Å². The number of aromatic nitrogens is 6. The van der Waals surface area contributed by atoms with Gasteiger partial charge in [-0.25, -0.2) is 14.6 Å². The standard InChI is InChI=1S/C27H24ClN9O5/c1-41-26(39)31-18-7-8-19-21(13-18)34-27(40)42-11-3-2-4-20(25-29-14-22(19)33-25)32-24(38)10-5-16-12-17(28)6-9-23(16)37-15-30-35-36-37/h2-3,5-10,12-15,20H,4,11H2,1H3,(H,29,33)(H,31,39)(H,32,38)(H,34,40)/b3-2+,10-5+/t20-/m0/s1. The Morgan fingerprint density at radius 2 is 2.10 bits per heavy atom. The smallest absolute Gasteiger partial charge is 0.411 e. The topological polar surface area (TPSA) is 178 Å². The highest BCUT2D eigenvalue weighted by atomic mass is 35.5. The number of cyclic esters (lactones) is 1. The predicted molar refractivity (Wildman–Crippen MR) is 153 cm³/mol. The van der Waals surface area contributed by atoms with Crippen LogP contribution in [0.25, 0.3) is 23.0 Å². The minimum absolute atomic E-state index is 0.000869. The number of hydrogen-bond donors (Lipinski definition) is 4. The van der Waals surface area contributed by atoms with E-state index >= 15 is 0 Å². The number of fused-ring (bicyclic) bond motifs is 4. The summed E-state index contributed by atoms with van der Waals surface area (Å²) in [6.07, 6.45) is 8.54. The van der Waals surface area contributed by atoms with Gasteiger partial charge in [-0.2, -0.15) is 4.68 Å². The molecule has 5 rings (SSSR count). The summed E-state index contributed by atoms with van der Waals surface area (Å²) in [4.78, 5) is 44.9. The molecule has 0 spiro atoms. The molecule has 0 aliphatic carbocycles. The molecule has 0 radical (unpaired) electrons. The van der Waals surface area contributed by atoms with Crippen molar-refractivity contribution in [3.05, 3.63) is 83.6 Å². The van der Waals surface area contributed by atoms with Gasteiger partial charge in [0.15, 0.2) is 0 Å². The van der Waals surface area contributed by atoms with Gasteiger partial charge in [0.1, 0.15) is 18.8 Å². The summed E-state index contributed by atoms with van der Waals surface area (Å²) < 4.78 is 11.3. The number of nitrogens with one attached hydrogen (secondary N) is 4. The summed E-state index contributed by atoms with van der Waals surface area (Å²) in [6, 6.07) is 9.48. The number of carbonyl (C=O) groups is 3. The lowest BCUT2D eigenvalue weighted by Gasteiger charge is -2.14. The van der Waals surface area contributed by atoms with Gasteiger partial charge in [0.05, 0.1) is 30.2 Å². The largest absolute Gasteiger partial charge is 0.453 e. The van der Waals surface area contributed by atoms with Gasteiger partial charge in [-0.05, 0) is 59.3 Å². The van der Waals surface area contributed by atoms with Crippen LogP contribution in [-0.2, 0) is 14.3 Å². The zero-order valence-electron chi connectivity index (χ0n) is 22.1. The van der Waals surface area contributed by atoms with Crippen LogP contribution in [0, 0.1) is 0 Å². The van der Waals surface area contributed by atoms with Gasteiger partial charge >= 0.3 is 12.2 Å². The number of carbonyl (C=O) groups excluding carboxylic acids is 3. The van der Waals surface area contributed by atoms with E-state index in [2.05, 4.69) is 46.2 Å². The maximum atomic E-state index is 13.0. The Kier molecular flexibility index (Phi) is 8.53. The van der Waals surface area contributed by atoms with Crippen molar-refractivity contribution in [1.82, 2.24) is 35.5 Å². The van der Waals surface area contributed by atoms with Crippen molar-refractivity contribution in [3.63, 3.8) is 0 Å². The van der Waals surface area contributed by atoms with Gasteiger partial charge < -0.3 is 19.8 Å². The molecule has 1 atom stereocenters. The highest BCUT2D eigenvalue weighted by Gasteiger charge is 2.20. The van der Waals surface area contributed by atoms with Crippen molar-refractivity contribution in [1.29, 1.82) is 0 Å². The molecule has 4 aromatic rings. The van der Waals surface area contributed by atoms with Crippen LogP contribution in [0.5, 0.6) is 0 Å². The fraction of sp³-hybridized carbons (Fsp3) is 0.148. The number of nitrogens with zero attached hydrogens (tertiary/aromatic N) is 5. The number of rotatable bonds is 5. The number of anilines is 2. The number of hydrogen-bond acceptors (Lipinski definition) is 9. The second-order valence-electron chi connectivity index (χ2n) is 8.83. The summed E-state index contributed by atoms with van der Waals surface area (Å²) in [5.41, 5.74) is 3.05. The van der Waals surface area contributed by atoms with Crippen molar-refractivity contribution in [2.45, 2.75) is 12.5 Å². The third-order valence-corrected chi connectivity index (χ3v) is 6.29. The Hall–Kier alpha value is -5.50. The van der Waals surface area contributed by atoms with Crippen molar-refractivity contribution in [3.8, 4) is 16.9 Å². The zero-order chi connectivity index (χ0) is 29.5. The third-order valence-electron chi connectivity index (χ3n) is 6.06. The van der Waals surface area contributed by atoms with Gasteiger partial charge in [-0.15, -0.1) is 5.10 Å². The average Bonchev–Trinajstić information content (AvgIpc) is 3.68. The maximum absolute atomic E-state index is 13.0. The van der Waals surface area contributed by atoms with E-state index in [1.54, 1.807) is 60.8 Å². The molecule has 214 valence electrons. The Labute approximate surface area is 243 Å². The fourth-order valence-corrected chi connectivity index (χ4v) is 4.28. The molecule has 0 saturated carbocycles. The molecule has 2 aromatic heterocycles. The van der Waals surface area contributed by atoms with Crippen LogP contribution < -0.4 is 16.0 Å². The molecule has 15 heteroatoms. The highest BCUT2D eigenvalue weighted by molar-refractivity contribution is 6.30. The van der Waals surface area contributed by atoms with Gasteiger partial charge in [-0.1, -0.05) is 23.8 Å². The lowest BCUT2D eigenvalue weighted by atomic mass is 10.1. The Bertz CT molecular complexity index is 1670. The van der Waals surface area contributed by atoms with Gasteiger partial charge in [-0.3, -0.25) is 15.4 Å². The number of methoxy groups -OCH3 is 1. The van der Waals surface area contributed by atoms with E-state index in [1.807, 2.05) is 0 Å². The average molecular weight is 590 g/mol. The van der Waals surface area contributed by atoms with Crippen LogP contribution in [0.2, 0.25) is 5.02 Å². The number of tetrazole rings is 1. The van der Waals surface area contributed by atoms with E-state index in [0.717, 1.165) is 0 Å². The SMILES string of the molecule is COC(=O)Nc1ccc2c(c1)NC(=O)OC/C=C/C[C@H](NC(=O)/C=C/c1cc(Cl)ccc1-n1cnnn1)c1nc-2c[nH]1. The van der Waals surface area contributed by atoms with E-state index in [9.17, 15) is 14.4 Å². The number of imidazole rings is 1. The van der Waals surface area contributed by atoms with Crippen LogP contribution in [0.1, 0.15) is 23.9 Å². The quantitative estimate of drug-likeness (QED) is 0.195. The normalized spacial score (nSPS) is 15.7. The summed E-state index contributed by atoms with van der Waals surface area (Å²) in [5, 5.41) is 19.9. The Balaban J connectivity index is 1.40. The summed E-state index contributed by atoms with van der Waals surface area (Å²) in [7, 11) is 1.25. The third kappa shape index (κ3) is 6.79. The van der Waals surface area contributed by atoms with Crippen LogP contribution in [0.3, 0.4) is 0 Å². The second-order valence-corrected chi connectivity index (χ2v) is 9.27. The molecule has 0 fully saturated rings. The molecule has 14 nitrogen and oxygen atoms in total. The van der Waals surface area contributed by atoms with Crippen molar-refractivity contribution >= 4 is 47.1 Å². The van der Waals surface area contributed by atoms with Crippen LogP contribution in [0.4, 0.5) is 21.0 Å². The van der Waals surface area contributed by atoms with Crippen LogP contribution in [0.15, 0.2) is 67.2 Å². The number of halogens is 1. The molecule has 2 aromatic carbocycles. The van der Waals surface area contributed by atoms with Crippen LogP contribution >= 0.6 is 11.6 Å². The Morgan fingerprint density at radius 1 is 1.21 bits per heavy atom. The number of H-pyrrole nitrogens is 1. The molecule has 2 bridgehead atoms. The molecule has 0 unspecified atom stereocenters. The number of benzene rings is 2. The number of aromatic amines is 1. The molecule has 3 heterocycles. The summed E-state index contributed by atoms with van der Waals surface area (Å²) >= 11 is 6.18. The maximum Gasteiger partial charge on any atom is 0.411 e.